The minimum absolute atomic E-state index is 0.887. The number of hydrogen-bond acceptors (Lipinski definition) is 1. The topological polar surface area (TPSA) is 27.2 Å². The van der Waals surface area contributed by atoms with E-state index in [1.165, 1.54) is 16.3 Å². The summed E-state index contributed by atoms with van der Waals surface area (Å²) in [6.45, 7) is 6.17. The van der Waals surface area contributed by atoms with Crippen molar-refractivity contribution in [2.45, 2.75) is 6.92 Å². The average molecular weight is 514 g/mol. The maximum absolute atomic E-state index is 5.21. The van der Waals surface area contributed by atoms with Crippen LogP contribution < -0.4 is 0 Å². The lowest BCUT2D eigenvalue weighted by Crippen LogP contribution is -1.97. The first kappa shape index (κ1) is 18.4. The van der Waals surface area contributed by atoms with Crippen LogP contribution in [0.15, 0.2) is 79.4 Å². The van der Waals surface area contributed by atoms with Crippen LogP contribution in [0, 0.1) is 0 Å². The minimum atomic E-state index is 0.887. The summed E-state index contributed by atoms with van der Waals surface area (Å²) in [7, 11) is 0. The number of rotatable bonds is 3. The van der Waals surface area contributed by atoms with Crippen LogP contribution >= 0.6 is 22.9 Å². The highest BCUT2D eigenvalue weighted by Crippen LogP contribution is 2.37. The second-order valence-electron chi connectivity index (χ2n) is 7.52. The lowest BCUT2D eigenvalue weighted by atomic mass is 10.1. The van der Waals surface area contributed by atoms with Crippen molar-refractivity contribution in [3.8, 4) is 5.69 Å². The average Bonchev–Trinajstić information content (AvgIpc) is 3.42. The van der Waals surface area contributed by atoms with E-state index in [9.17, 15) is 0 Å². The number of hydrogen-bond donors (Lipinski definition) is 0. The fraction of sp³-hybridized carbons (Fsp3) is 0.0385. The standard InChI is InChI=1S/C26H19IN4/c1-3-10-22-20(4-2)30-23-16-15-19-18-13-8-9-14-21(18)31(27)25(19)24(23)28-26(30)29(22)17-11-6-5-7-12-17/h3-16H,2H2,1H3/b10-3-. The van der Waals surface area contributed by atoms with Crippen molar-refractivity contribution in [1.29, 1.82) is 0 Å². The molecule has 0 aliphatic carbocycles. The Bertz CT molecular complexity index is 1660. The molecule has 3 aromatic heterocycles. The zero-order chi connectivity index (χ0) is 21.1. The van der Waals surface area contributed by atoms with Crippen LogP contribution in [0.1, 0.15) is 18.3 Å². The van der Waals surface area contributed by atoms with Crippen LogP contribution in [0.4, 0.5) is 0 Å². The highest BCUT2D eigenvalue weighted by Gasteiger charge is 2.22. The van der Waals surface area contributed by atoms with Gasteiger partial charge in [0.05, 0.1) is 50.8 Å². The lowest BCUT2D eigenvalue weighted by molar-refractivity contribution is 1.07. The number of halogens is 1. The van der Waals surface area contributed by atoms with E-state index in [-0.39, 0.29) is 0 Å². The van der Waals surface area contributed by atoms with E-state index in [2.05, 4.69) is 114 Å². The molecule has 31 heavy (non-hydrogen) atoms. The predicted molar refractivity (Wildman–Crippen MR) is 139 cm³/mol. The third-order valence-electron chi connectivity index (χ3n) is 5.86. The summed E-state index contributed by atoms with van der Waals surface area (Å²) in [6.07, 6.45) is 6.11. The second-order valence-corrected chi connectivity index (χ2v) is 8.49. The molecule has 0 aliphatic rings. The number of imidazole rings is 2. The summed E-state index contributed by atoms with van der Waals surface area (Å²) >= 11 is 2.39. The molecule has 0 fully saturated rings. The molecule has 0 atom stereocenters. The number of para-hydroxylation sites is 2. The van der Waals surface area contributed by atoms with E-state index in [1.807, 2.05) is 19.1 Å². The Morgan fingerprint density at radius 2 is 1.65 bits per heavy atom. The molecule has 4 nitrogen and oxygen atoms in total. The Balaban J connectivity index is 1.85. The summed E-state index contributed by atoms with van der Waals surface area (Å²) in [4.78, 5) is 5.21. The zero-order valence-electron chi connectivity index (χ0n) is 17.0. The molecule has 0 aliphatic heterocycles. The summed E-state index contributed by atoms with van der Waals surface area (Å²) in [6, 6.07) is 23.3. The number of nitrogens with zero attached hydrogens (tertiary/aromatic N) is 4. The van der Waals surface area contributed by atoms with Gasteiger partial charge in [-0.25, -0.2) is 4.98 Å². The molecule has 6 rings (SSSR count). The highest BCUT2D eigenvalue weighted by molar-refractivity contribution is 14.1. The van der Waals surface area contributed by atoms with E-state index in [0.717, 1.165) is 39.4 Å². The van der Waals surface area contributed by atoms with Crippen molar-refractivity contribution in [3.63, 3.8) is 0 Å². The van der Waals surface area contributed by atoms with Gasteiger partial charge in [0.1, 0.15) is 5.52 Å². The van der Waals surface area contributed by atoms with Gasteiger partial charge < -0.3 is 0 Å². The van der Waals surface area contributed by atoms with Crippen LogP contribution in [0.3, 0.4) is 0 Å². The van der Waals surface area contributed by atoms with Gasteiger partial charge in [0.25, 0.3) is 0 Å². The summed E-state index contributed by atoms with van der Waals surface area (Å²) in [5, 5.41) is 2.47. The van der Waals surface area contributed by atoms with Gasteiger partial charge in [-0.15, -0.1) is 0 Å². The van der Waals surface area contributed by atoms with Crippen LogP contribution in [0.2, 0.25) is 0 Å². The molecule has 3 heterocycles. The Labute approximate surface area is 193 Å². The SMILES string of the molecule is C=Cc1c(/C=C\C)n(-c2ccccc2)c2nc3c4c(ccc3n12)c1ccccc1n4I. The van der Waals surface area contributed by atoms with Gasteiger partial charge in [0.15, 0.2) is 0 Å². The smallest absolute Gasteiger partial charge is 0.220 e. The fourth-order valence-electron chi connectivity index (χ4n) is 4.60. The van der Waals surface area contributed by atoms with Crippen LogP contribution in [-0.2, 0) is 0 Å². The van der Waals surface area contributed by atoms with Gasteiger partial charge in [0.2, 0.25) is 5.78 Å². The molecular weight excluding hydrogens is 495 g/mol. The molecule has 5 heteroatoms. The van der Waals surface area contributed by atoms with Gasteiger partial charge in [-0.2, -0.15) is 0 Å². The molecule has 0 spiro atoms. The number of benzene rings is 3. The molecule has 0 unspecified atom stereocenters. The van der Waals surface area contributed by atoms with E-state index in [4.69, 9.17) is 4.98 Å². The summed E-state index contributed by atoms with van der Waals surface area (Å²) < 4.78 is 6.66. The number of aromatic nitrogens is 4. The van der Waals surface area contributed by atoms with E-state index in [0.29, 0.717) is 0 Å². The van der Waals surface area contributed by atoms with Gasteiger partial charge >= 0.3 is 0 Å². The Kier molecular flexibility index (Phi) is 4.08. The summed E-state index contributed by atoms with van der Waals surface area (Å²) in [5.41, 5.74) is 7.61. The van der Waals surface area contributed by atoms with Crippen LogP contribution in [0.5, 0.6) is 0 Å². The monoisotopic (exact) mass is 514 g/mol. The molecule has 150 valence electrons. The lowest BCUT2D eigenvalue weighted by Gasteiger charge is -2.06. The van der Waals surface area contributed by atoms with Crippen molar-refractivity contribution < 1.29 is 0 Å². The fourth-order valence-corrected chi connectivity index (χ4v) is 5.51. The largest absolute Gasteiger partial charge is 0.279 e. The maximum atomic E-state index is 5.21. The van der Waals surface area contributed by atoms with E-state index >= 15 is 0 Å². The Morgan fingerprint density at radius 3 is 2.42 bits per heavy atom. The van der Waals surface area contributed by atoms with E-state index in [1.54, 1.807) is 0 Å². The molecule has 0 N–H and O–H groups in total. The molecular formula is C26H19IN4. The van der Waals surface area contributed by atoms with Crippen molar-refractivity contribution in [3.05, 3.63) is 90.8 Å². The van der Waals surface area contributed by atoms with Gasteiger partial charge in [0, 0.05) is 16.5 Å². The molecule has 0 saturated heterocycles. The minimum Gasteiger partial charge on any atom is -0.279 e. The number of allylic oxidation sites excluding steroid dienone is 1. The van der Waals surface area contributed by atoms with Crippen molar-refractivity contribution in [1.82, 2.24) is 16.7 Å². The third-order valence-corrected chi connectivity index (χ3v) is 6.86. The number of fused-ring (bicyclic) bond motifs is 7. The Hall–Kier alpha value is -3.32. The van der Waals surface area contributed by atoms with Gasteiger partial charge in [-0.1, -0.05) is 49.1 Å². The van der Waals surface area contributed by atoms with Crippen molar-refractivity contribution in [2.75, 3.05) is 0 Å². The zero-order valence-corrected chi connectivity index (χ0v) is 19.1. The molecule has 0 bridgehead atoms. The Morgan fingerprint density at radius 1 is 0.871 bits per heavy atom. The van der Waals surface area contributed by atoms with E-state index < -0.39 is 0 Å². The third kappa shape index (κ3) is 2.44. The van der Waals surface area contributed by atoms with Crippen molar-refractivity contribution in [2.24, 2.45) is 0 Å². The first-order chi connectivity index (χ1) is 15.2. The first-order valence-electron chi connectivity index (χ1n) is 10.2. The molecule has 6 aromatic rings. The van der Waals surface area contributed by atoms with Gasteiger partial charge in [-0.3, -0.25) is 11.7 Å². The van der Waals surface area contributed by atoms with Crippen molar-refractivity contribution >= 4 is 73.6 Å². The van der Waals surface area contributed by atoms with Gasteiger partial charge in [-0.05, 0) is 49.4 Å². The summed E-state index contributed by atoms with van der Waals surface area (Å²) in [5.74, 6) is 0.887. The molecule has 0 saturated carbocycles. The van der Waals surface area contributed by atoms with Crippen LogP contribution in [0.25, 0.3) is 56.5 Å². The highest BCUT2D eigenvalue weighted by atomic mass is 127. The second kappa shape index (κ2) is 6.85. The first-order valence-corrected chi connectivity index (χ1v) is 11.2. The quantitative estimate of drug-likeness (QED) is 0.229. The molecule has 3 aromatic carbocycles. The maximum Gasteiger partial charge on any atom is 0.220 e. The predicted octanol–water partition coefficient (Wildman–Crippen LogP) is 7.26. The normalized spacial score (nSPS) is 12.2. The molecule has 0 radical (unpaired) electrons. The molecule has 0 amide bonds. The van der Waals surface area contributed by atoms with Crippen LogP contribution in [-0.4, -0.2) is 16.7 Å².